The van der Waals surface area contributed by atoms with Crippen LogP contribution in [0.3, 0.4) is 0 Å². The molecule has 0 spiro atoms. The summed E-state index contributed by atoms with van der Waals surface area (Å²) < 4.78 is 82.1. The molecule has 1 aliphatic heterocycles. The van der Waals surface area contributed by atoms with Crippen molar-refractivity contribution in [1.29, 1.82) is 5.26 Å². The number of carbonyl (C=O) groups excluding carboxylic acids is 1. The van der Waals surface area contributed by atoms with Crippen molar-refractivity contribution in [2.24, 2.45) is 0 Å². The average molecular weight is 354 g/mol. The minimum absolute atomic E-state index is 0.0713. The Morgan fingerprint density at radius 3 is 2.42 bits per heavy atom. The molecule has 1 aromatic carbocycles. The summed E-state index contributed by atoms with van der Waals surface area (Å²) in [6.07, 6.45) is -14.9. The molecular formula is C13H8F6N2O3. The maximum atomic E-state index is 13.2. The van der Waals surface area contributed by atoms with E-state index in [0.717, 1.165) is 18.2 Å². The lowest BCUT2D eigenvalue weighted by molar-refractivity contribution is -0.209. The van der Waals surface area contributed by atoms with E-state index >= 15 is 0 Å². The van der Waals surface area contributed by atoms with Crippen molar-refractivity contribution < 1.29 is 41.0 Å². The topological polar surface area (TPSA) is 73.6 Å². The molecule has 1 fully saturated rings. The zero-order valence-electron chi connectivity index (χ0n) is 11.5. The summed E-state index contributed by atoms with van der Waals surface area (Å²) in [6.45, 7) is -0.951. The van der Waals surface area contributed by atoms with Gasteiger partial charge in [0.15, 0.2) is 6.10 Å². The number of hydrogen-bond donors (Lipinski definition) is 1. The smallest absolute Gasteiger partial charge is 0.419 e. The third kappa shape index (κ3) is 3.09. The van der Waals surface area contributed by atoms with E-state index in [4.69, 9.17) is 5.26 Å². The number of anilines is 1. The molecule has 1 aromatic rings. The molecule has 1 amide bonds. The van der Waals surface area contributed by atoms with Crippen LogP contribution in [0.15, 0.2) is 18.2 Å². The number of halogens is 6. The molecule has 130 valence electrons. The predicted molar refractivity (Wildman–Crippen MR) is 65.8 cm³/mol. The lowest BCUT2D eigenvalue weighted by Gasteiger charge is -2.29. The standard InChI is InChI=1S/C13H8F6N2O3/c14-12(15,16)9-6(4-20)2-1-3-7(9)21-8(5-24-11(21)23)10(22)13(17,18)19/h1-3,8,10,22H,5H2/t8-,10+/m0/s1. The van der Waals surface area contributed by atoms with Crippen LogP contribution < -0.4 is 4.90 Å². The summed E-state index contributed by atoms with van der Waals surface area (Å²) in [4.78, 5) is 11.7. The summed E-state index contributed by atoms with van der Waals surface area (Å²) in [6, 6.07) is 1.68. The number of nitriles is 1. The van der Waals surface area contributed by atoms with Gasteiger partial charge in [-0.1, -0.05) is 6.07 Å². The SMILES string of the molecule is N#Cc1cccc(N2C(=O)OC[C@H]2[C@@H](O)C(F)(F)F)c1C(F)(F)F. The zero-order valence-corrected chi connectivity index (χ0v) is 11.5. The molecule has 5 nitrogen and oxygen atoms in total. The number of nitrogens with zero attached hydrogens (tertiary/aromatic N) is 2. The molecule has 0 unspecified atom stereocenters. The molecule has 2 atom stereocenters. The maximum Gasteiger partial charge on any atom is 0.419 e. The monoisotopic (exact) mass is 354 g/mol. The van der Waals surface area contributed by atoms with Crippen molar-refractivity contribution >= 4 is 11.8 Å². The van der Waals surface area contributed by atoms with Crippen molar-refractivity contribution in [1.82, 2.24) is 0 Å². The minimum Gasteiger partial charge on any atom is -0.447 e. The lowest BCUT2D eigenvalue weighted by Crippen LogP contribution is -2.49. The third-order valence-electron chi connectivity index (χ3n) is 3.31. The first kappa shape index (κ1) is 17.9. The molecule has 1 heterocycles. The highest BCUT2D eigenvalue weighted by molar-refractivity contribution is 5.92. The Hall–Kier alpha value is -2.48. The highest BCUT2D eigenvalue weighted by atomic mass is 19.4. The molecule has 1 saturated heterocycles. The number of alkyl halides is 6. The Labute approximate surface area is 130 Å². The summed E-state index contributed by atoms with van der Waals surface area (Å²) in [5, 5.41) is 18.1. The normalized spacial score (nSPS) is 19.8. The second kappa shape index (κ2) is 5.86. The first-order valence-electron chi connectivity index (χ1n) is 6.29. The van der Waals surface area contributed by atoms with Gasteiger partial charge in [0, 0.05) is 0 Å². The quantitative estimate of drug-likeness (QED) is 0.829. The van der Waals surface area contributed by atoms with Gasteiger partial charge in [0.25, 0.3) is 0 Å². The average Bonchev–Trinajstić information content (AvgIpc) is 2.85. The van der Waals surface area contributed by atoms with E-state index in [0.29, 0.717) is 0 Å². The minimum atomic E-state index is -5.18. The van der Waals surface area contributed by atoms with Gasteiger partial charge < -0.3 is 9.84 Å². The van der Waals surface area contributed by atoms with E-state index in [-0.39, 0.29) is 4.90 Å². The number of hydrogen-bond acceptors (Lipinski definition) is 4. The predicted octanol–water partition coefficient (Wildman–Crippen LogP) is 2.83. The van der Waals surface area contributed by atoms with Crippen molar-refractivity contribution in [3.63, 3.8) is 0 Å². The highest BCUT2D eigenvalue weighted by Gasteiger charge is 2.52. The van der Waals surface area contributed by atoms with Crippen LogP contribution in [-0.4, -0.2) is 36.1 Å². The second-order valence-corrected chi connectivity index (χ2v) is 4.81. The second-order valence-electron chi connectivity index (χ2n) is 4.81. The van der Waals surface area contributed by atoms with Crippen molar-refractivity contribution in [2.75, 3.05) is 11.5 Å². The third-order valence-corrected chi connectivity index (χ3v) is 3.31. The van der Waals surface area contributed by atoms with Crippen LogP contribution in [0.2, 0.25) is 0 Å². The van der Waals surface area contributed by atoms with Gasteiger partial charge in [-0.2, -0.15) is 31.6 Å². The Morgan fingerprint density at radius 2 is 1.92 bits per heavy atom. The van der Waals surface area contributed by atoms with Gasteiger partial charge in [0.2, 0.25) is 0 Å². The van der Waals surface area contributed by atoms with E-state index in [1.165, 1.54) is 6.07 Å². The van der Waals surface area contributed by atoms with Gasteiger partial charge in [-0.3, -0.25) is 4.90 Å². The molecule has 0 radical (unpaired) electrons. The molecule has 1 aliphatic rings. The number of cyclic esters (lactones) is 1. The number of ether oxygens (including phenoxy) is 1. The molecule has 0 bridgehead atoms. The van der Waals surface area contributed by atoms with Gasteiger partial charge in [-0.05, 0) is 12.1 Å². The van der Waals surface area contributed by atoms with Crippen LogP contribution in [-0.2, 0) is 10.9 Å². The van der Waals surface area contributed by atoms with Crippen LogP contribution >= 0.6 is 0 Å². The Balaban J connectivity index is 2.61. The molecule has 2 rings (SSSR count). The summed E-state index contributed by atoms with van der Waals surface area (Å²) in [5.41, 5.74) is -3.44. The van der Waals surface area contributed by atoms with Crippen LogP contribution in [0.1, 0.15) is 11.1 Å². The Morgan fingerprint density at radius 1 is 1.29 bits per heavy atom. The Kier molecular flexibility index (Phi) is 4.36. The van der Waals surface area contributed by atoms with Gasteiger partial charge in [-0.25, -0.2) is 4.79 Å². The fourth-order valence-corrected chi connectivity index (χ4v) is 2.30. The van der Waals surface area contributed by atoms with Crippen molar-refractivity contribution in [3.05, 3.63) is 29.3 Å². The summed E-state index contributed by atoms with van der Waals surface area (Å²) >= 11 is 0. The van der Waals surface area contributed by atoms with E-state index in [1.54, 1.807) is 0 Å². The van der Waals surface area contributed by atoms with E-state index in [1.807, 2.05) is 0 Å². The first-order chi connectivity index (χ1) is 11.0. The number of rotatable bonds is 2. The highest BCUT2D eigenvalue weighted by Crippen LogP contribution is 2.42. The van der Waals surface area contributed by atoms with Crippen molar-refractivity contribution in [3.8, 4) is 6.07 Å². The maximum absolute atomic E-state index is 13.2. The van der Waals surface area contributed by atoms with Crippen LogP contribution in [0, 0.1) is 11.3 Å². The number of aliphatic hydroxyl groups is 1. The largest absolute Gasteiger partial charge is 0.447 e. The van der Waals surface area contributed by atoms with Crippen LogP contribution in [0.5, 0.6) is 0 Å². The number of amides is 1. The van der Waals surface area contributed by atoms with Gasteiger partial charge in [-0.15, -0.1) is 0 Å². The first-order valence-corrected chi connectivity index (χ1v) is 6.29. The molecule has 24 heavy (non-hydrogen) atoms. The lowest BCUT2D eigenvalue weighted by atomic mass is 10.0. The molecule has 0 saturated carbocycles. The number of carbonyl (C=O) groups is 1. The van der Waals surface area contributed by atoms with E-state index in [2.05, 4.69) is 4.74 Å². The molecule has 0 aromatic heterocycles. The van der Waals surface area contributed by atoms with E-state index in [9.17, 15) is 36.2 Å². The molecule has 1 N–H and O–H groups in total. The van der Waals surface area contributed by atoms with Crippen LogP contribution in [0.25, 0.3) is 0 Å². The van der Waals surface area contributed by atoms with E-state index < -0.39 is 54.0 Å². The Bertz CT molecular complexity index is 694. The van der Waals surface area contributed by atoms with Gasteiger partial charge in [0.05, 0.1) is 22.9 Å². The van der Waals surface area contributed by atoms with Crippen molar-refractivity contribution in [2.45, 2.75) is 24.5 Å². The summed E-state index contributed by atoms with van der Waals surface area (Å²) in [7, 11) is 0. The fraction of sp³-hybridized carbons (Fsp3) is 0.385. The molecule has 11 heteroatoms. The zero-order chi connectivity index (χ0) is 18.3. The number of benzene rings is 1. The fourth-order valence-electron chi connectivity index (χ4n) is 2.30. The van der Waals surface area contributed by atoms with Gasteiger partial charge in [0.1, 0.15) is 12.6 Å². The van der Waals surface area contributed by atoms with Gasteiger partial charge >= 0.3 is 18.4 Å². The molecular weight excluding hydrogens is 346 g/mol. The molecule has 0 aliphatic carbocycles. The number of aliphatic hydroxyl groups excluding tert-OH is 1. The summed E-state index contributed by atoms with van der Waals surface area (Å²) in [5.74, 6) is 0. The van der Waals surface area contributed by atoms with Crippen LogP contribution in [0.4, 0.5) is 36.8 Å².